The summed E-state index contributed by atoms with van der Waals surface area (Å²) in [5.74, 6) is 1.60. The van der Waals surface area contributed by atoms with E-state index in [1.54, 1.807) is 7.11 Å². The first kappa shape index (κ1) is 15.2. The van der Waals surface area contributed by atoms with Crippen molar-refractivity contribution in [3.63, 3.8) is 0 Å². The van der Waals surface area contributed by atoms with Crippen LogP contribution in [0.25, 0.3) is 11.1 Å². The highest BCUT2D eigenvalue weighted by Gasteiger charge is 2.21. The molecule has 0 aromatic heterocycles. The van der Waals surface area contributed by atoms with Crippen molar-refractivity contribution >= 4 is 11.6 Å². The van der Waals surface area contributed by atoms with Crippen LogP contribution in [-0.2, 0) is 0 Å². The standard InChI is InChI=1S/C19H21ClO2/c1-22-16-9-7-14(8-10-16)18-12-15(20)11-17(19(18)21)13-5-3-2-4-6-13/h7-13,21H,2-6H2,1H3. The maximum Gasteiger partial charge on any atom is 0.126 e. The maximum absolute atomic E-state index is 10.8. The first-order valence-corrected chi connectivity index (χ1v) is 8.23. The number of phenolic OH excluding ortho intramolecular Hbond substituents is 1. The Morgan fingerprint density at radius 2 is 1.73 bits per heavy atom. The second kappa shape index (κ2) is 6.62. The number of phenols is 1. The Balaban J connectivity index is 2.01. The van der Waals surface area contributed by atoms with E-state index >= 15 is 0 Å². The number of benzene rings is 2. The Bertz CT molecular complexity index is 643. The van der Waals surface area contributed by atoms with Gasteiger partial charge in [-0.15, -0.1) is 0 Å². The fourth-order valence-corrected chi connectivity index (χ4v) is 3.56. The van der Waals surface area contributed by atoms with E-state index in [-0.39, 0.29) is 0 Å². The van der Waals surface area contributed by atoms with Gasteiger partial charge < -0.3 is 9.84 Å². The summed E-state index contributed by atoms with van der Waals surface area (Å²) >= 11 is 6.31. The summed E-state index contributed by atoms with van der Waals surface area (Å²) in [4.78, 5) is 0. The van der Waals surface area contributed by atoms with Crippen LogP contribution in [0.3, 0.4) is 0 Å². The van der Waals surface area contributed by atoms with Crippen LogP contribution in [-0.4, -0.2) is 12.2 Å². The van der Waals surface area contributed by atoms with Crippen molar-refractivity contribution < 1.29 is 9.84 Å². The average molecular weight is 317 g/mol. The lowest BCUT2D eigenvalue weighted by Crippen LogP contribution is -2.05. The minimum absolute atomic E-state index is 0.376. The highest BCUT2D eigenvalue weighted by atomic mass is 35.5. The fourth-order valence-electron chi connectivity index (χ4n) is 3.34. The topological polar surface area (TPSA) is 29.5 Å². The lowest BCUT2D eigenvalue weighted by molar-refractivity contribution is 0.414. The van der Waals surface area contributed by atoms with E-state index in [0.29, 0.717) is 16.7 Å². The highest BCUT2D eigenvalue weighted by molar-refractivity contribution is 6.31. The number of ether oxygens (including phenoxy) is 1. The van der Waals surface area contributed by atoms with Gasteiger partial charge in [-0.05, 0) is 54.2 Å². The first-order valence-electron chi connectivity index (χ1n) is 7.86. The van der Waals surface area contributed by atoms with Crippen LogP contribution in [0.15, 0.2) is 36.4 Å². The van der Waals surface area contributed by atoms with Crippen molar-refractivity contribution in [2.75, 3.05) is 7.11 Å². The molecule has 2 nitrogen and oxygen atoms in total. The molecule has 0 unspecified atom stereocenters. The van der Waals surface area contributed by atoms with E-state index in [2.05, 4.69) is 0 Å². The van der Waals surface area contributed by atoms with Gasteiger partial charge in [0.15, 0.2) is 0 Å². The molecule has 0 bridgehead atoms. The summed E-state index contributed by atoms with van der Waals surface area (Å²) in [6.07, 6.45) is 6.03. The quantitative estimate of drug-likeness (QED) is 0.779. The number of hydrogen-bond acceptors (Lipinski definition) is 2. The largest absolute Gasteiger partial charge is 0.507 e. The van der Waals surface area contributed by atoms with E-state index in [1.807, 2.05) is 36.4 Å². The second-order valence-corrected chi connectivity index (χ2v) is 6.39. The van der Waals surface area contributed by atoms with Crippen LogP contribution in [0.5, 0.6) is 11.5 Å². The van der Waals surface area contributed by atoms with Gasteiger partial charge >= 0.3 is 0 Å². The second-order valence-electron chi connectivity index (χ2n) is 5.95. The number of aromatic hydroxyl groups is 1. The number of hydrogen-bond donors (Lipinski definition) is 1. The molecule has 0 radical (unpaired) electrons. The molecule has 2 aromatic rings. The van der Waals surface area contributed by atoms with Gasteiger partial charge in [0, 0.05) is 10.6 Å². The van der Waals surface area contributed by atoms with Gasteiger partial charge in [0.05, 0.1) is 7.11 Å². The summed E-state index contributed by atoms with van der Waals surface area (Å²) in [5, 5.41) is 11.4. The molecule has 22 heavy (non-hydrogen) atoms. The fraction of sp³-hybridized carbons (Fsp3) is 0.368. The van der Waals surface area contributed by atoms with Gasteiger partial charge in [0.1, 0.15) is 11.5 Å². The molecule has 3 rings (SSSR count). The van der Waals surface area contributed by atoms with E-state index in [1.165, 1.54) is 19.3 Å². The van der Waals surface area contributed by atoms with Crippen LogP contribution >= 0.6 is 11.6 Å². The highest BCUT2D eigenvalue weighted by Crippen LogP contribution is 2.43. The molecule has 0 aliphatic heterocycles. The summed E-state index contributed by atoms with van der Waals surface area (Å²) in [5.41, 5.74) is 2.76. The molecule has 1 aliphatic carbocycles. The molecule has 1 fully saturated rings. The van der Waals surface area contributed by atoms with Crippen molar-refractivity contribution in [3.8, 4) is 22.6 Å². The third-order valence-corrected chi connectivity index (χ3v) is 4.77. The number of methoxy groups -OCH3 is 1. The minimum atomic E-state index is 0.376. The van der Waals surface area contributed by atoms with Crippen molar-refractivity contribution in [1.82, 2.24) is 0 Å². The Kier molecular flexibility index (Phi) is 4.58. The normalized spacial score (nSPS) is 15.7. The van der Waals surface area contributed by atoms with Gasteiger partial charge in [0.2, 0.25) is 0 Å². The Labute approximate surface area is 136 Å². The minimum Gasteiger partial charge on any atom is -0.507 e. The van der Waals surface area contributed by atoms with Gasteiger partial charge in [-0.1, -0.05) is 43.0 Å². The van der Waals surface area contributed by atoms with Crippen molar-refractivity contribution in [2.24, 2.45) is 0 Å². The lowest BCUT2D eigenvalue weighted by Gasteiger charge is -2.24. The number of rotatable bonds is 3. The summed E-state index contributed by atoms with van der Waals surface area (Å²) in [6.45, 7) is 0. The first-order chi connectivity index (χ1) is 10.7. The summed E-state index contributed by atoms with van der Waals surface area (Å²) < 4.78 is 5.19. The zero-order valence-electron chi connectivity index (χ0n) is 12.8. The lowest BCUT2D eigenvalue weighted by atomic mass is 9.82. The van der Waals surface area contributed by atoms with Crippen LogP contribution in [0.4, 0.5) is 0 Å². The van der Waals surface area contributed by atoms with Crippen LogP contribution in [0, 0.1) is 0 Å². The molecule has 1 saturated carbocycles. The molecule has 1 N–H and O–H groups in total. The zero-order valence-corrected chi connectivity index (χ0v) is 13.6. The van der Waals surface area contributed by atoms with Crippen molar-refractivity contribution in [3.05, 3.63) is 47.0 Å². The molecule has 0 heterocycles. The Morgan fingerprint density at radius 1 is 1.05 bits per heavy atom. The van der Waals surface area contributed by atoms with Gasteiger partial charge in [-0.2, -0.15) is 0 Å². The summed E-state index contributed by atoms with van der Waals surface area (Å²) in [7, 11) is 1.65. The van der Waals surface area contributed by atoms with Crippen molar-refractivity contribution in [1.29, 1.82) is 0 Å². The van der Waals surface area contributed by atoms with Crippen LogP contribution < -0.4 is 4.74 Å². The van der Waals surface area contributed by atoms with E-state index < -0.39 is 0 Å². The van der Waals surface area contributed by atoms with Crippen LogP contribution in [0.2, 0.25) is 5.02 Å². The Hall–Kier alpha value is -1.67. The zero-order chi connectivity index (χ0) is 15.5. The van der Waals surface area contributed by atoms with Gasteiger partial charge in [-0.3, -0.25) is 0 Å². The molecule has 116 valence electrons. The molecule has 1 aliphatic rings. The van der Waals surface area contributed by atoms with Gasteiger partial charge in [-0.25, -0.2) is 0 Å². The van der Waals surface area contributed by atoms with Crippen molar-refractivity contribution in [2.45, 2.75) is 38.0 Å². The molecular weight excluding hydrogens is 296 g/mol. The number of halogens is 1. The smallest absolute Gasteiger partial charge is 0.126 e. The maximum atomic E-state index is 10.8. The molecule has 0 atom stereocenters. The Morgan fingerprint density at radius 3 is 2.36 bits per heavy atom. The third kappa shape index (κ3) is 3.07. The molecule has 0 amide bonds. The average Bonchev–Trinajstić information content (AvgIpc) is 2.57. The molecule has 0 saturated heterocycles. The van der Waals surface area contributed by atoms with E-state index in [4.69, 9.17) is 16.3 Å². The third-order valence-electron chi connectivity index (χ3n) is 4.55. The predicted octanol–water partition coefficient (Wildman–Crippen LogP) is 5.77. The molecular formula is C19H21ClO2. The SMILES string of the molecule is COc1ccc(-c2cc(Cl)cc(C3CCCCC3)c2O)cc1. The summed E-state index contributed by atoms with van der Waals surface area (Å²) in [6, 6.07) is 11.5. The predicted molar refractivity (Wildman–Crippen MR) is 90.9 cm³/mol. The molecule has 2 aromatic carbocycles. The molecule has 0 spiro atoms. The van der Waals surface area contributed by atoms with E-state index in [9.17, 15) is 5.11 Å². The van der Waals surface area contributed by atoms with Gasteiger partial charge in [0.25, 0.3) is 0 Å². The monoisotopic (exact) mass is 316 g/mol. The van der Waals surface area contributed by atoms with Crippen LogP contribution in [0.1, 0.15) is 43.6 Å². The van der Waals surface area contributed by atoms with E-state index in [0.717, 1.165) is 35.3 Å². The molecule has 3 heteroatoms.